The molecule has 4 N–H and O–H groups in total. The van der Waals surface area contributed by atoms with Gasteiger partial charge in [-0.25, -0.2) is 0 Å². The van der Waals surface area contributed by atoms with Crippen molar-refractivity contribution in [1.29, 1.82) is 0 Å². The largest absolute Gasteiger partial charge is 0.494 e. The Morgan fingerprint density at radius 1 is 1.29 bits per heavy atom. The van der Waals surface area contributed by atoms with E-state index in [1.165, 1.54) is 0 Å². The first-order chi connectivity index (χ1) is 6.29. The van der Waals surface area contributed by atoms with Crippen LogP contribution in [-0.2, 0) is 0 Å². The van der Waals surface area contributed by atoms with Crippen molar-refractivity contribution in [2.75, 3.05) is 6.61 Å². The molecule has 1 aromatic carbocycles. The summed E-state index contributed by atoms with van der Waals surface area (Å²) in [6.07, 6.45) is 0.935. The van der Waals surface area contributed by atoms with Gasteiger partial charge >= 0.3 is 0 Å². The van der Waals surface area contributed by atoms with Gasteiger partial charge in [0.05, 0.1) is 6.61 Å². The lowest BCUT2D eigenvalue weighted by molar-refractivity contribution is 0.334. The molecule has 0 aliphatic rings. The quantitative estimate of drug-likeness (QED) is 0.797. The SMILES string of the molecule is CCOc1ccccc1C(N)CC.O. The number of ether oxygens (including phenoxy) is 1. The van der Waals surface area contributed by atoms with Gasteiger partial charge in [-0.1, -0.05) is 25.1 Å². The summed E-state index contributed by atoms with van der Waals surface area (Å²) in [5, 5.41) is 0. The van der Waals surface area contributed by atoms with Gasteiger partial charge in [-0.3, -0.25) is 0 Å². The van der Waals surface area contributed by atoms with E-state index in [0.717, 1.165) is 17.7 Å². The van der Waals surface area contributed by atoms with Crippen molar-refractivity contribution in [3.8, 4) is 5.75 Å². The van der Waals surface area contributed by atoms with Crippen LogP contribution in [0, 0.1) is 0 Å². The van der Waals surface area contributed by atoms with Crippen molar-refractivity contribution >= 4 is 0 Å². The lowest BCUT2D eigenvalue weighted by Gasteiger charge is -2.14. The second-order valence-electron chi connectivity index (χ2n) is 2.99. The van der Waals surface area contributed by atoms with Gasteiger partial charge in [0, 0.05) is 11.6 Å². The third-order valence-electron chi connectivity index (χ3n) is 2.06. The zero-order chi connectivity index (χ0) is 9.68. The number of hydrogen-bond acceptors (Lipinski definition) is 2. The molecule has 0 saturated heterocycles. The summed E-state index contributed by atoms with van der Waals surface area (Å²) < 4.78 is 5.48. The Bertz CT molecular complexity index is 263. The van der Waals surface area contributed by atoms with E-state index in [2.05, 4.69) is 6.92 Å². The zero-order valence-electron chi connectivity index (χ0n) is 8.79. The number of rotatable bonds is 4. The van der Waals surface area contributed by atoms with Crippen LogP contribution < -0.4 is 10.5 Å². The van der Waals surface area contributed by atoms with Gasteiger partial charge in [-0.2, -0.15) is 0 Å². The molecule has 3 heteroatoms. The van der Waals surface area contributed by atoms with E-state index >= 15 is 0 Å². The number of benzene rings is 1. The van der Waals surface area contributed by atoms with E-state index in [1.807, 2.05) is 31.2 Å². The van der Waals surface area contributed by atoms with Crippen LogP contribution in [0.25, 0.3) is 0 Å². The van der Waals surface area contributed by atoms with Gasteiger partial charge in [0.25, 0.3) is 0 Å². The van der Waals surface area contributed by atoms with E-state index < -0.39 is 0 Å². The summed E-state index contributed by atoms with van der Waals surface area (Å²) in [5.41, 5.74) is 7.05. The van der Waals surface area contributed by atoms with Crippen molar-refractivity contribution in [1.82, 2.24) is 0 Å². The Morgan fingerprint density at radius 3 is 2.50 bits per heavy atom. The molecule has 1 unspecified atom stereocenters. The van der Waals surface area contributed by atoms with Crippen LogP contribution in [0.15, 0.2) is 24.3 Å². The van der Waals surface area contributed by atoms with E-state index in [1.54, 1.807) is 0 Å². The maximum atomic E-state index is 5.95. The molecule has 0 amide bonds. The van der Waals surface area contributed by atoms with Crippen LogP contribution in [-0.4, -0.2) is 12.1 Å². The van der Waals surface area contributed by atoms with Crippen molar-refractivity contribution in [2.45, 2.75) is 26.3 Å². The van der Waals surface area contributed by atoms with Crippen LogP contribution in [0.2, 0.25) is 0 Å². The van der Waals surface area contributed by atoms with Gasteiger partial charge in [0.1, 0.15) is 5.75 Å². The maximum absolute atomic E-state index is 5.95. The molecule has 0 spiro atoms. The van der Waals surface area contributed by atoms with E-state index in [-0.39, 0.29) is 11.5 Å². The molecular formula is C11H19NO2. The Hall–Kier alpha value is -1.06. The fraction of sp³-hybridized carbons (Fsp3) is 0.455. The first-order valence-electron chi connectivity index (χ1n) is 4.76. The third-order valence-corrected chi connectivity index (χ3v) is 2.06. The normalized spacial score (nSPS) is 11.6. The van der Waals surface area contributed by atoms with Gasteiger partial charge < -0.3 is 15.9 Å². The smallest absolute Gasteiger partial charge is 0.124 e. The fourth-order valence-electron chi connectivity index (χ4n) is 1.29. The summed E-state index contributed by atoms with van der Waals surface area (Å²) in [6, 6.07) is 8.04. The summed E-state index contributed by atoms with van der Waals surface area (Å²) in [7, 11) is 0. The van der Waals surface area contributed by atoms with E-state index in [9.17, 15) is 0 Å². The number of para-hydroxylation sites is 1. The van der Waals surface area contributed by atoms with E-state index in [0.29, 0.717) is 6.61 Å². The molecule has 0 radical (unpaired) electrons. The van der Waals surface area contributed by atoms with Crippen molar-refractivity contribution in [3.05, 3.63) is 29.8 Å². The highest BCUT2D eigenvalue weighted by Crippen LogP contribution is 2.24. The van der Waals surface area contributed by atoms with Gasteiger partial charge in [-0.05, 0) is 19.4 Å². The van der Waals surface area contributed by atoms with Gasteiger partial charge in [-0.15, -0.1) is 0 Å². The highest BCUT2D eigenvalue weighted by atomic mass is 16.5. The van der Waals surface area contributed by atoms with Gasteiger partial charge in [0.15, 0.2) is 0 Å². The summed E-state index contributed by atoms with van der Waals surface area (Å²) in [6.45, 7) is 4.75. The fourth-order valence-corrected chi connectivity index (χ4v) is 1.29. The second-order valence-corrected chi connectivity index (χ2v) is 2.99. The Morgan fingerprint density at radius 2 is 1.93 bits per heavy atom. The second kappa shape index (κ2) is 6.40. The molecule has 0 aliphatic carbocycles. The zero-order valence-corrected chi connectivity index (χ0v) is 8.79. The lowest BCUT2D eigenvalue weighted by Crippen LogP contribution is -2.10. The molecule has 0 aromatic heterocycles. The molecule has 14 heavy (non-hydrogen) atoms. The standard InChI is InChI=1S/C11H17NO.H2O/c1-3-10(12)9-7-5-6-8-11(9)13-4-2;/h5-8,10H,3-4,12H2,1-2H3;1H2. The predicted octanol–water partition coefficient (Wildman–Crippen LogP) is 1.67. The predicted molar refractivity (Wildman–Crippen MR) is 58.4 cm³/mol. The summed E-state index contributed by atoms with van der Waals surface area (Å²) in [4.78, 5) is 0. The third kappa shape index (κ3) is 3.01. The van der Waals surface area contributed by atoms with Crippen LogP contribution >= 0.6 is 0 Å². The lowest BCUT2D eigenvalue weighted by atomic mass is 10.0. The van der Waals surface area contributed by atoms with Gasteiger partial charge in [0.2, 0.25) is 0 Å². The number of nitrogens with two attached hydrogens (primary N) is 1. The molecule has 1 atom stereocenters. The van der Waals surface area contributed by atoms with E-state index in [4.69, 9.17) is 10.5 Å². The summed E-state index contributed by atoms with van der Waals surface area (Å²) >= 11 is 0. The molecule has 0 saturated carbocycles. The average molecular weight is 197 g/mol. The molecular weight excluding hydrogens is 178 g/mol. The summed E-state index contributed by atoms with van der Waals surface area (Å²) in [5.74, 6) is 0.916. The topological polar surface area (TPSA) is 66.8 Å². The maximum Gasteiger partial charge on any atom is 0.124 e. The molecule has 80 valence electrons. The molecule has 0 aliphatic heterocycles. The van der Waals surface area contributed by atoms with Crippen molar-refractivity contribution < 1.29 is 10.2 Å². The van der Waals surface area contributed by atoms with Crippen LogP contribution in [0.4, 0.5) is 0 Å². The van der Waals surface area contributed by atoms with Crippen molar-refractivity contribution in [2.24, 2.45) is 5.73 Å². The molecule has 0 heterocycles. The molecule has 1 rings (SSSR count). The highest BCUT2D eigenvalue weighted by Gasteiger charge is 2.08. The first-order valence-corrected chi connectivity index (χ1v) is 4.76. The minimum Gasteiger partial charge on any atom is -0.494 e. The highest BCUT2D eigenvalue weighted by molar-refractivity contribution is 5.35. The minimum atomic E-state index is 0. The van der Waals surface area contributed by atoms with Crippen molar-refractivity contribution in [3.63, 3.8) is 0 Å². The van der Waals surface area contributed by atoms with Crippen LogP contribution in [0.1, 0.15) is 31.9 Å². The first kappa shape index (κ1) is 12.9. The molecule has 0 bridgehead atoms. The Labute approximate surface area is 85.2 Å². The monoisotopic (exact) mass is 197 g/mol. The molecule has 1 aromatic rings. The Kier molecular flexibility index (Phi) is 5.92. The number of hydrogen-bond donors (Lipinski definition) is 1. The van der Waals surface area contributed by atoms with Crippen LogP contribution in [0.5, 0.6) is 5.75 Å². The molecule has 0 fully saturated rings. The van der Waals surface area contributed by atoms with Crippen LogP contribution in [0.3, 0.4) is 0 Å². The minimum absolute atomic E-state index is 0. The Balaban J connectivity index is 0.00000169. The molecule has 3 nitrogen and oxygen atoms in total. The average Bonchev–Trinajstić information content (AvgIpc) is 2.18.